The van der Waals surface area contributed by atoms with Crippen LogP contribution < -0.4 is 0 Å². The zero-order valence-corrected chi connectivity index (χ0v) is 20.6. The maximum absolute atomic E-state index is 12.4. The minimum atomic E-state index is -1.87. The summed E-state index contributed by atoms with van der Waals surface area (Å²) < 4.78 is 14.1. The fourth-order valence-corrected chi connectivity index (χ4v) is 6.58. The van der Waals surface area contributed by atoms with Gasteiger partial charge in [-0.25, -0.2) is 0 Å². The smallest absolute Gasteiger partial charge is 0.243 e. The molecule has 0 aromatic heterocycles. The van der Waals surface area contributed by atoms with Crippen LogP contribution in [0, 0.1) is 0 Å². The molecule has 1 amide bonds. The summed E-state index contributed by atoms with van der Waals surface area (Å²) in [5.41, 5.74) is 0. The zero-order valence-electron chi connectivity index (χ0n) is 17.6. The molecule has 25 heavy (non-hydrogen) atoms. The largest absolute Gasteiger partial charge is 0.534 e. The Kier molecular flexibility index (Phi) is 6.85. The predicted octanol–water partition coefficient (Wildman–Crippen LogP) is 4.25. The first-order valence-corrected chi connectivity index (χ1v) is 19.2. The van der Waals surface area contributed by atoms with Gasteiger partial charge < -0.3 is 13.4 Å². The number of rotatable bonds is 5. The van der Waals surface area contributed by atoms with E-state index < -0.39 is 24.9 Å². The molecule has 1 aliphatic heterocycles. The van der Waals surface area contributed by atoms with Crippen LogP contribution in [-0.2, 0) is 13.6 Å². The summed E-state index contributed by atoms with van der Waals surface area (Å²) in [5.74, 6) is 1.33. The van der Waals surface area contributed by atoms with Gasteiger partial charge in [0.25, 0.3) is 0 Å². The van der Waals surface area contributed by atoms with E-state index in [1.54, 1.807) is 0 Å². The van der Waals surface area contributed by atoms with E-state index in [-0.39, 0.29) is 11.9 Å². The van der Waals surface area contributed by atoms with Crippen molar-refractivity contribution in [2.45, 2.75) is 84.7 Å². The van der Waals surface area contributed by atoms with Gasteiger partial charge in [0.2, 0.25) is 28.4 Å². The summed E-state index contributed by atoms with van der Waals surface area (Å²) in [5, 5.41) is 8.69. The summed E-state index contributed by atoms with van der Waals surface area (Å²) in [4.78, 5) is 12.4. The standard InChI is InChI=1S/C16H35N3O3Si3/c1-13(21-24(5,6)7)17-18-16(22-25(8,9)10)14-11-12-15(20)19(14)23(2,3)4/h14H,11-12H2,1-10H3/b17-13-,18-16-. The molecule has 1 rings (SSSR count). The topological polar surface area (TPSA) is 63.5 Å². The second-order valence-electron chi connectivity index (χ2n) is 9.48. The average Bonchev–Trinajstić information content (AvgIpc) is 2.72. The zero-order chi connectivity index (χ0) is 19.6. The highest BCUT2D eigenvalue weighted by atomic mass is 28.4. The van der Waals surface area contributed by atoms with Crippen molar-refractivity contribution >= 4 is 42.6 Å². The van der Waals surface area contributed by atoms with Crippen LogP contribution in [0.2, 0.25) is 58.9 Å². The Morgan fingerprint density at radius 3 is 1.92 bits per heavy atom. The van der Waals surface area contributed by atoms with Gasteiger partial charge in [0.15, 0.2) is 14.1 Å². The Morgan fingerprint density at radius 2 is 1.48 bits per heavy atom. The van der Waals surface area contributed by atoms with Crippen LogP contribution in [0.1, 0.15) is 19.8 Å². The van der Waals surface area contributed by atoms with Crippen molar-refractivity contribution in [3.05, 3.63) is 0 Å². The lowest BCUT2D eigenvalue weighted by molar-refractivity contribution is -0.124. The van der Waals surface area contributed by atoms with Gasteiger partial charge in [-0.05, 0) is 45.7 Å². The molecule has 0 aromatic carbocycles. The SMILES string of the molecule is C/C(=N/N=C(\O[Si](C)(C)C)C1CCC(=O)N1[Si](C)(C)C)O[Si](C)(C)C. The quantitative estimate of drug-likeness (QED) is 0.299. The van der Waals surface area contributed by atoms with Gasteiger partial charge in [0, 0.05) is 13.3 Å². The van der Waals surface area contributed by atoms with Crippen molar-refractivity contribution in [2.24, 2.45) is 10.2 Å². The Hall–Kier alpha value is -0.939. The number of carbonyl (C=O) groups is 1. The summed E-state index contributed by atoms with van der Waals surface area (Å²) in [6.45, 7) is 21.0. The summed E-state index contributed by atoms with van der Waals surface area (Å²) in [7, 11) is -5.40. The number of nitrogens with zero attached hydrogens (tertiary/aromatic N) is 3. The van der Waals surface area contributed by atoms with Gasteiger partial charge in [-0.1, -0.05) is 19.6 Å². The molecular weight excluding hydrogens is 366 g/mol. The normalized spacial score (nSPS) is 21.0. The molecule has 0 bridgehead atoms. The molecule has 0 spiro atoms. The maximum Gasteiger partial charge on any atom is 0.243 e. The van der Waals surface area contributed by atoms with Crippen LogP contribution >= 0.6 is 0 Å². The highest BCUT2D eigenvalue weighted by Crippen LogP contribution is 2.28. The van der Waals surface area contributed by atoms with Crippen molar-refractivity contribution < 1.29 is 13.6 Å². The van der Waals surface area contributed by atoms with Gasteiger partial charge in [-0.2, -0.15) is 0 Å². The lowest BCUT2D eigenvalue weighted by atomic mass is 10.2. The predicted molar refractivity (Wildman–Crippen MR) is 113 cm³/mol. The summed E-state index contributed by atoms with van der Waals surface area (Å²) in [6, 6.07) is -0.102. The van der Waals surface area contributed by atoms with E-state index in [9.17, 15) is 4.79 Å². The molecule has 0 radical (unpaired) electrons. The molecule has 0 saturated carbocycles. The average molecular weight is 402 g/mol. The highest BCUT2D eigenvalue weighted by Gasteiger charge is 2.43. The Morgan fingerprint density at radius 1 is 0.960 bits per heavy atom. The van der Waals surface area contributed by atoms with E-state index in [0.717, 1.165) is 6.42 Å². The lowest BCUT2D eigenvalue weighted by Gasteiger charge is -2.37. The highest BCUT2D eigenvalue weighted by molar-refractivity contribution is 6.76. The molecule has 1 atom stereocenters. The minimum absolute atomic E-state index is 0.102. The van der Waals surface area contributed by atoms with Crippen LogP contribution in [-0.4, -0.2) is 53.2 Å². The van der Waals surface area contributed by atoms with Gasteiger partial charge in [-0.3, -0.25) is 4.79 Å². The van der Waals surface area contributed by atoms with Crippen molar-refractivity contribution in [2.75, 3.05) is 0 Å². The van der Waals surface area contributed by atoms with Crippen molar-refractivity contribution in [1.82, 2.24) is 4.57 Å². The molecule has 0 N–H and O–H groups in total. The molecule has 144 valence electrons. The fourth-order valence-electron chi connectivity index (χ4n) is 2.81. The van der Waals surface area contributed by atoms with Gasteiger partial charge in [-0.15, -0.1) is 10.2 Å². The minimum Gasteiger partial charge on any atom is -0.534 e. The van der Waals surface area contributed by atoms with Crippen molar-refractivity contribution in [1.29, 1.82) is 0 Å². The summed E-state index contributed by atoms with van der Waals surface area (Å²) in [6.07, 6.45) is 1.30. The Labute approximate surface area is 156 Å². The molecule has 6 nitrogen and oxygen atoms in total. The van der Waals surface area contributed by atoms with E-state index in [0.29, 0.717) is 18.2 Å². The lowest BCUT2D eigenvalue weighted by Crippen LogP contribution is -2.55. The van der Waals surface area contributed by atoms with E-state index in [1.165, 1.54) is 0 Å². The fraction of sp³-hybridized carbons (Fsp3) is 0.812. The number of hydrogen-bond donors (Lipinski definition) is 0. The molecule has 1 saturated heterocycles. The first kappa shape index (κ1) is 22.1. The van der Waals surface area contributed by atoms with Crippen LogP contribution in [0.25, 0.3) is 0 Å². The van der Waals surface area contributed by atoms with E-state index in [1.807, 2.05) is 11.5 Å². The van der Waals surface area contributed by atoms with E-state index >= 15 is 0 Å². The molecule has 1 fully saturated rings. The molecule has 0 aliphatic carbocycles. The van der Waals surface area contributed by atoms with Crippen LogP contribution in [0.3, 0.4) is 0 Å². The second kappa shape index (κ2) is 7.75. The Balaban J connectivity index is 3.19. The third kappa shape index (κ3) is 7.45. The Bertz CT molecular complexity index is 558. The van der Waals surface area contributed by atoms with Crippen molar-refractivity contribution in [3.8, 4) is 0 Å². The van der Waals surface area contributed by atoms with Gasteiger partial charge in [0.05, 0.1) is 0 Å². The van der Waals surface area contributed by atoms with Crippen molar-refractivity contribution in [3.63, 3.8) is 0 Å². The van der Waals surface area contributed by atoms with E-state index in [4.69, 9.17) is 8.85 Å². The molecule has 0 aromatic rings. The third-order valence-corrected chi connectivity index (χ3v) is 7.11. The molecule has 1 unspecified atom stereocenters. The first-order chi connectivity index (χ1) is 11.1. The van der Waals surface area contributed by atoms with E-state index in [2.05, 4.69) is 69.1 Å². The van der Waals surface area contributed by atoms with Gasteiger partial charge >= 0.3 is 0 Å². The van der Waals surface area contributed by atoms with Gasteiger partial charge in [0.1, 0.15) is 6.04 Å². The second-order valence-corrected chi connectivity index (χ2v) is 23.2. The van der Waals surface area contributed by atoms with Crippen LogP contribution in [0.4, 0.5) is 0 Å². The molecule has 1 heterocycles. The number of hydrogen-bond acceptors (Lipinski definition) is 5. The first-order valence-electron chi connectivity index (χ1n) is 8.92. The van der Waals surface area contributed by atoms with Crippen LogP contribution in [0.15, 0.2) is 10.2 Å². The van der Waals surface area contributed by atoms with Crippen LogP contribution in [0.5, 0.6) is 0 Å². The monoisotopic (exact) mass is 401 g/mol. The number of amides is 1. The maximum atomic E-state index is 12.4. The molecule has 1 aliphatic rings. The third-order valence-electron chi connectivity index (χ3n) is 3.37. The molecular formula is C16H35N3O3Si3. The molecule has 9 heteroatoms. The number of carbonyl (C=O) groups excluding carboxylic acids is 1. The summed E-state index contributed by atoms with van der Waals surface area (Å²) >= 11 is 0.